The van der Waals surface area contributed by atoms with Gasteiger partial charge in [-0.1, -0.05) is 60.7 Å². The molecule has 26 heavy (non-hydrogen) atoms. The number of amides is 2. The van der Waals surface area contributed by atoms with E-state index in [0.717, 1.165) is 11.1 Å². The molecule has 1 heterocycles. The van der Waals surface area contributed by atoms with E-state index in [1.54, 1.807) is 6.92 Å². The summed E-state index contributed by atoms with van der Waals surface area (Å²) in [5, 5.41) is 0. The van der Waals surface area contributed by atoms with Crippen molar-refractivity contribution < 1.29 is 19.1 Å². The van der Waals surface area contributed by atoms with Gasteiger partial charge in [0.1, 0.15) is 0 Å². The van der Waals surface area contributed by atoms with Crippen molar-refractivity contribution in [3.63, 3.8) is 0 Å². The Labute approximate surface area is 151 Å². The zero-order valence-corrected chi connectivity index (χ0v) is 14.4. The number of piperidine rings is 1. The lowest BCUT2D eigenvalue weighted by Crippen LogP contribution is -2.39. The Morgan fingerprint density at radius 2 is 1.38 bits per heavy atom. The van der Waals surface area contributed by atoms with Crippen LogP contribution >= 0.6 is 0 Å². The van der Waals surface area contributed by atoms with E-state index in [4.69, 9.17) is 4.74 Å². The number of esters is 1. The van der Waals surface area contributed by atoms with Gasteiger partial charge in [-0.25, -0.2) is 0 Å². The molecule has 2 amide bonds. The van der Waals surface area contributed by atoms with Crippen molar-refractivity contribution in [1.82, 2.24) is 4.90 Å². The third-order valence-electron chi connectivity index (χ3n) is 5.11. The first kappa shape index (κ1) is 16.5. The smallest absolute Gasteiger partial charge is 0.310 e. The minimum atomic E-state index is -0.613. The minimum Gasteiger partial charge on any atom is -0.466 e. The number of hydrogen-bond donors (Lipinski definition) is 0. The molecule has 4 rings (SSSR count). The van der Waals surface area contributed by atoms with Gasteiger partial charge in [0.25, 0.3) is 0 Å². The van der Waals surface area contributed by atoms with Gasteiger partial charge in [0.15, 0.2) is 0 Å². The summed E-state index contributed by atoms with van der Waals surface area (Å²) < 4.78 is 5.00. The number of fused-ring (bicyclic) bond motifs is 1. The first-order chi connectivity index (χ1) is 12.6. The minimum absolute atomic E-state index is 0.248. The summed E-state index contributed by atoms with van der Waals surface area (Å²) >= 11 is 0. The standard InChI is InChI=1S/C21H19NO4/c1-2-26-21(25)17-15-16(17)20(24)22(19(15)23)18(13-9-5-3-6-10-13)14-11-7-4-8-12-14/h3-12,15-18H,2H2,1H3. The fourth-order valence-corrected chi connectivity index (χ4v) is 3.90. The van der Waals surface area contributed by atoms with Gasteiger partial charge in [-0.05, 0) is 18.1 Å². The fraction of sp³-hybridized carbons (Fsp3) is 0.286. The molecule has 5 heteroatoms. The highest BCUT2D eigenvalue weighted by Crippen LogP contribution is 2.56. The maximum atomic E-state index is 13.0. The van der Waals surface area contributed by atoms with Crippen molar-refractivity contribution in [2.24, 2.45) is 17.8 Å². The van der Waals surface area contributed by atoms with Gasteiger partial charge in [-0.3, -0.25) is 19.3 Å². The van der Waals surface area contributed by atoms with Gasteiger partial charge in [-0.15, -0.1) is 0 Å². The number of benzene rings is 2. The Morgan fingerprint density at radius 1 is 0.923 bits per heavy atom. The van der Waals surface area contributed by atoms with Crippen LogP contribution in [0, 0.1) is 17.8 Å². The van der Waals surface area contributed by atoms with Crippen molar-refractivity contribution in [3.8, 4) is 0 Å². The van der Waals surface area contributed by atoms with Crippen LogP contribution in [0.25, 0.3) is 0 Å². The summed E-state index contributed by atoms with van der Waals surface area (Å²) in [6, 6.07) is 18.5. The summed E-state index contributed by atoms with van der Waals surface area (Å²) in [5.74, 6) is -2.77. The number of ether oxygens (including phenoxy) is 1. The topological polar surface area (TPSA) is 63.7 Å². The molecule has 0 aromatic heterocycles. The largest absolute Gasteiger partial charge is 0.466 e. The van der Waals surface area contributed by atoms with Crippen LogP contribution in [0.2, 0.25) is 0 Å². The van der Waals surface area contributed by atoms with Crippen LogP contribution in [0.5, 0.6) is 0 Å². The number of rotatable bonds is 5. The van der Waals surface area contributed by atoms with E-state index < -0.39 is 29.8 Å². The highest BCUT2D eigenvalue weighted by Gasteiger charge is 2.71. The molecule has 0 radical (unpaired) electrons. The zero-order chi connectivity index (χ0) is 18.3. The normalized spacial score (nSPS) is 23.9. The van der Waals surface area contributed by atoms with Crippen molar-refractivity contribution in [1.29, 1.82) is 0 Å². The summed E-state index contributed by atoms with van der Waals surface area (Å²) in [6.07, 6.45) is 0. The maximum Gasteiger partial charge on any atom is 0.310 e. The predicted octanol–water partition coefficient (Wildman–Crippen LogP) is 2.57. The average Bonchev–Trinajstić information content (AvgIpc) is 3.37. The molecule has 0 N–H and O–H groups in total. The van der Waals surface area contributed by atoms with E-state index in [1.165, 1.54) is 4.90 Å². The molecule has 2 fully saturated rings. The van der Waals surface area contributed by atoms with Gasteiger partial charge in [0, 0.05) is 0 Å². The second kappa shape index (κ2) is 6.41. The van der Waals surface area contributed by atoms with Gasteiger partial charge in [0.05, 0.1) is 30.4 Å². The van der Waals surface area contributed by atoms with E-state index in [0.29, 0.717) is 0 Å². The van der Waals surface area contributed by atoms with Crippen LogP contribution in [-0.4, -0.2) is 29.3 Å². The molecule has 2 aromatic rings. The predicted molar refractivity (Wildman–Crippen MR) is 93.7 cm³/mol. The van der Waals surface area contributed by atoms with Crippen LogP contribution in [0.3, 0.4) is 0 Å². The highest BCUT2D eigenvalue weighted by molar-refractivity contribution is 6.14. The Kier molecular flexibility index (Phi) is 4.07. The summed E-state index contributed by atoms with van der Waals surface area (Å²) in [7, 11) is 0. The molecule has 2 atom stereocenters. The quantitative estimate of drug-likeness (QED) is 0.615. The molecule has 2 aliphatic rings. The zero-order valence-electron chi connectivity index (χ0n) is 14.4. The number of carbonyl (C=O) groups excluding carboxylic acids is 3. The highest BCUT2D eigenvalue weighted by atomic mass is 16.5. The molecule has 2 unspecified atom stereocenters. The summed E-state index contributed by atoms with van der Waals surface area (Å²) in [5.41, 5.74) is 1.74. The Balaban J connectivity index is 1.68. The average molecular weight is 349 g/mol. The number of carbonyl (C=O) groups is 3. The molecular weight excluding hydrogens is 330 g/mol. The molecule has 132 valence electrons. The first-order valence-electron chi connectivity index (χ1n) is 8.78. The SMILES string of the molecule is CCOC(=O)C1C2C(=O)N(C(c3ccccc3)c3ccccc3)C(=O)C12. The van der Waals surface area contributed by atoms with Gasteiger partial charge in [0.2, 0.25) is 11.8 Å². The summed E-state index contributed by atoms with van der Waals surface area (Å²) in [4.78, 5) is 39.2. The Morgan fingerprint density at radius 3 is 1.81 bits per heavy atom. The molecule has 0 spiro atoms. The van der Waals surface area contributed by atoms with Crippen molar-refractivity contribution in [2.45, 2.75) is 13.0 Å². The van der Waals surface area contributed by atoms with Gasteiger partial charge >= 0.3 is 5.97 Å². The first-order valence-corrected chi connectivity index (χ1v) is 8.78. The van der Waals surface area contributed by atoms with Gasteiger partial charge in [-0.2, -0.15) is 0 Å². The van der Waals surface area contributed by atoms with Crippen LogP contribution in [0.4, 0.5) is 0 Å². The molecule has 1 aliphatic carbocycles. The van der Waals surface area contributed by atoms with Crippen molar-refractivity contribution in [2.75, 3.05) is 6.61 Å². The molecule has 5 nitrogen and oxygen atoms in total. The monoisotopic (exact) mass is 349 g/mol. The second-order valence-corrected chi connectivity index (χ2v) is 6.60. The van der Waals surface area contributed by atoms with E-state index in [2.05, 4.69) is 0 Å². The number of likely N-dealkylation sites (tertiary alicyclic amines) is 1. The molecule has 1 saturated heterocycles. The van der Waals surface area contributed by atoms with Crippen molar-refractivity contribution >= 4 is 17.8 Å². The Bertz CT molecular complexity index is 787. The third-order valence-corrected chi connectivity index (χ3v) is 5.11. The lowest BCUT2D eigenvalue weighted by atomic mass is 9.96. The fourth-order valence-electron chi connectivity index (χ4n) is 3.90. The molecule has 1 saturated carbocycles. The van der Waals surface area contributed by atoms with E-state index in [9.17, 15) is 14.4 Å². The van der Waals surface area contributed by atoms with Crippen LogP contribution in [0.15, 0.2) is 60.7 Å². The number of imide groups is 1. The third kappa shape index (κ3) is 2.51. The molecule has 2 aromatic carbocycles. The molecular formula is C21H19NO4. The van der Waals surface area contributed by atoms with Crippen LogP contribution in [0.1, 0.15) is 24.1 Å². The van der Waals surface area contributed by atoms with E-state index in [1.807, 2.05) is 60.7 Å². The summed E-state index contributed by atoms with van der Waals surface area (Å²) in [6.45, 7) is 1.96. The second-order valence-electron chi connectivity index (χ2n) is 6.60. The van der Waals surface area contributed by atoms with E-state index >= 15 is 0 Å². The Hall–Kier alpha value is -2.95. The molecule has 0 bridgehead atoms. The number of nitrogens with zero attached hydrogens (tertiary/aromatic N) is 1. The van der Waals surface area contributed by atoms with Crippen LogP contribution in [-0.2, 0) is 19.1 Å². The van der Waals surface area contributed by atoms with E-state index in [-0.39, 0.29) is 18.4 Å². The lowest BCUT2D eigenvalue weighted by molar-refractivity contribution is -0.152. The van der Waals surface area contributed by atoms with Crippen LogP contribution < -0.4 is 0 Å². The maximum absolute atomic E-state index is 13.0. The number of hydrogen-bond acceptors (Lipinski definition) is 4. The molecule has 1 aliphatic heterocycles. The van der Waals surface area contributed by atoms with Crippen molar-refractivity contribution in [3.05, 3.63) is 71.8 Å². The van der Waals surface area contributed by atoms with Gasteiger partial charge < -0.3 is 4.74 Å². The lowest BCUT2D eigenvalue weighted by Gasteiger charge is -2.29.